The maximum absolute atomic E-state index is 8.89. The van der Waals surface area contributed by atoms with E-state index in [0.717, 1.165) is 12.1 Å². The lowest BCUT2D eigenvalue weighted by Crippen LogP contribution is -2.44. The van der Waals surface area contributed by atoms with Crippen LogP contribution in [0.4, 0.5) is 5.95 Å². The van der Waals surface area contributed by atoms with Gasteiger partial charge in [0.15, 0.2) is 0 Å². The summed E-state index contributed by atoms with van der Waals surface area (Å²) in [6.45, 7) is 8.67. The maximum atomic E-state index is 8.89. The monoisotopic (exact) mass is 247 g/mol. The molecule has 1 rings (SSSR count). The van der Waals surface area contributed by atoms with Crippen LogP contribution in [0, 0.1) is 24.2 Å². The number of anilines is 1. The van der Waals surface area contributed by atoms with Crippen molar-refractivity contribution in [3.63, 3.8) is 0 Å². The number of nitrogens with two attached hydrogens (primary N) is 1. The quantitative estimate of drug-likeness (QED) is 0.828. The third kappa shape index (κ3) is 3.97. The Bertz CT molecular complexity index is 449. The van der Waals surface area contributed by atoms with Crippen LogP contribution in [0.1, 0.15) is 38.6 Å². The third-order valence-electron chi connectivity index (χ3n) is 2.69. The summed E-state index contributed by atoms with van der Waals surface area (Å²) in [7, 11) is 0. The number of nitriles is 1. The van der Waals surface area contributed by atoms with E-state index in [1.807, 2.05) is 19.9 Å². The SMILES string of the molecule is Cc1cc(C#N)nc(NC(C)(CN)CC(C)C)n1. The smallest absolute Gasteiger partial charge is 0.224 e. The van der Waals surface area contributed by atoms with Gasteiger partial charge < -0.3 is 11.1 Å². The number of nitrogens with zero attached hydrogens (tertiary/aromatic N) is 3. The van der Waals surface area contributed by atoms with E-state index in [4.69, 9.17) is 11.0 Å². The highest BCUT2D eigenvalue weighted by Crippen LogP contribution is 2.20. The fourth-order valence-corrected chi connectivity index (χ4v) is 2.04. The molecule has 0 fully saturated rings. The van der Waals surface area contributed by atoms with Gasteiger partial charge in [-0.3, -0.25) is 0 Å². The first-order chi connectivity index (χ1) is 8.38. The van der Waals surface area contributed by atoms with Gasteiger partial charge in [0, 0.05) is 17.8 Å². The van der Waals surface area contributed by atoms with E-state index in [9.17, 15) is 0 Å². The molecular weight excluding hydrogens is 226 g/mol. The summed E-state index contributed by atoms with van der Waals surface area (Å²) in [5, 5.41) is 12.1. The topological polar surface area (TPSA) is 87.6 Å². The molecular formula is C13H21N5. The molecule has 98 valence electrons. The van der Waals surface area contributed by atoms with E-state index < -0.39 is 0 Å². The minimum atomic E-state index is -0.255. The predicted molar refractivity (Wildman–Crippen MR) is 72.0 cm³/mol. The first-order valence-electron chi connectivity index (χ1n) is 6.12. The molecule has 0 aliphatic heterocycles. The van der Waals surface area contributed by atoms with Crippen LogP contribution in [-0.2, 0) is 0 Å². The number of hydrogen-bond acceptors (Lipinski definition) is 5. The minimum absolute atomic E-state index is 0.255. The van der Waals surface area contributed by atoms with E-state index in [-0.39, 0.29) is 5.54 Å². The molecule has 0 bridgehead atoms. The van der Waals surface area contributed by atoms with Gasteiger partial charge in [0.2, 0.25) is 5.95 Å². The van der Waals surface area contributed by atoms with E-state index >= 15 is 0 Å². The van der Waals surface area contributed by atoms with Gasteiger partial charge in [0.1, 0.15) is 11.8 Å². The van der Waals surface area contributed by atoms with Crippen molar-refractivity contribution in [2.24, 2.45) is 11.7 Å². The van der Waals surface area contributed by atoms with Crippen molar-refractivity contribution in [2.75, 3.05) is 11.9 Å². The Kier molecular flexibility index (Phi) is 4.62. The largest absolute Gasteiger partial charge is 0.348 e. The summed E-state index contributed by atoms with van der Waals surface area (Å²) in [4.78, 5) is 8.45. The second kappa shape index (κ2) is 5.78. The molecule has 0 spiro atoms. The number of rotatable bonds is 5. The fourth-order valence-electron chi connectivity index (χ4n) is 2.04. The van der Waals surface area contributed by atoms with Crippen molar-refractivity contribution in [1.82, 2.24) is 9.97 Å². The van der Waals surface area contributed by atoms with Crippen LogP contribution in [0.15, 0.2) is 6.07 Å². The molecule has 0 saturated heterocycles. The Morgan fingerprint density at radius 1 is 1.50 bits per heavy atom. The van der Waals surface area contributed by atoms with Crippen molar-refractivity contribution >= 4 is 5.95 Å². The highest BCUT2D eigenvalue weighted by atomic mass is 15.1. The van der Waals surface area contributed by atoms with Crippen molar-refractivity contribution < 1.29 is 0 Å². The van der Waals surface area contributed by atoms with Gasteiger partial charge in [-0.25, -0.2) is 9.97 Å². The van der Waals surface area contributed by atoms with Crippen LogP contribution in [0.3, 0.4) is 0 Å². The molecule has 0 aromatic carbocycles. The number of hydrogen-bond donors (Lipinski definition) is 2. The lowest BCUT2D eigenvalue weighted by molar-refractivity contribution is 0.404. The molecule has 1 heterocycles. The van der Waals surface area contributed by atoms with E-state index in [1.54, 1.807) is 6.07 Å². The highest BCUT2D eigenvalue weighted by Gasteiger charge is 2.24. The number of aryl methyl sites for hydroxylation is 1. The zero-order valence-corrected chi connectivity index (χ0v) is 11.5. The average Bonchev–Trinajstić information content (AvgIpc) is 2.26. The molecule has 0 aliphatic carbocycles. The van der Waals surface area contributed by atoms with Gasteiger partial charge in [-0.1, -0.05) is 13.8 Å². The average molecular weight is 247 g/mol. The Morgan fingerprint density at radius 3 is 2.67 bits per heavy atom. The Morgan fingerprint density at radius 2 is 2.17 bits per heavy atom. The number of aromatic nitrogens is 2. The van der Waals surface area contributed by atoms with Crippen molar-refractivity contribution in [3.05, 3.63) is 17.5 Å². The first-order valence-corrected chi connectivity index (χ1v) is 6.12. The highest BCUT2D eigenvalue weighted by molar-refractivity contribution is 5.35. The molecule has 1 unspecified atom stereocenters. The van der Waals surface area contributed by atoms with Crippen LogP contribution >= 0.6 is 0 Å². The lowest BCUT2D eigenvalue weighted by atomic mass is 9.91. The van der Waals surface area contributed by atoms with Gasteiger partial charge in [-0.2, -0.15) is 5.26 Å². The van der Waals surface area contributed by atoms with Crippen LogP contribution in [-0.4, -0.2) is 22.1 Å². The van der Waals surface area contributed by atoms with Gasteiger partial charge >= 0.3 is 0 Å². The molecule has 0 amide bonds. The summed E-state index contributed by atoms with van der Waals surface area (Å²) in [5.41, 5.74) is 6.71. The standard InChI is InChI=1S/C13H21N5/c1-9(2)6-13(4,8-15)18-12-16-10(3)5-11(7-14)17-12/h5,9H,6,8,15H2,1-4H3,(H,16,17,18). The van der Waals surface area contributed by atoms with Crippen LogP contribution in [0.2, 0.25) is 0 Å². The normalized spacial score (nSPS) is 14.1. The fraction of sp³-hybridized carbons (Fsp3) is 0.615. The Balaban J connectivity index is 2.95. The lowest BCUT2D eigenvalue weighted by Gasteiger charge is -2.31. The second-order valence-corrected chi connectivity index (χ2v) is 5.32. The Labute approximate surface area is 108 Å². The predicted octanol–water partition coefficient (Wildman–Crippen LogP) is 1.83. The molecule has 3 N–H and O–H groups in total. The molecule has 0 radical (unpaired) electrons. The summed E-state index contributed by atoms with van der Waals surface area (Å²) >= 11 is 0. The Hall–Kier alpha value is -1.67. The minimum Gasteiger partial charge on any atom is -0.348 e. The third-order valence-corrected chi connectivity index (χ3v) is 2.69. The zero-order chi connectivity index (χ0) is 13.8. The second-order valence-electron chi connectivity index (χ2n) is 5.32. The van der Waals surface area contributed by atoms with Crippen molar-refractivity contribution in [2.45, 2.75) is 39.7 Å². The molecule has 1 aromatic rings. The molecule has 18 heavy (non-hydrogen) atoms. The molecule has 0 aliphatic rings. The van der Waals surface area contributed by atoms with Gasteiger partial charge in [0.25, 0.3) is 0 Å². The van der Waals surface area contributed by atoms with Crippen LogP contribution in [0.25, 0.3) is 0 Å². The van der Waals surface area contributed by atoms with Gasteiger partial charge in [-0.15, -0.1) is 0 Å². The van der Waals surface area contributed by atoms with Crippen LogP contribution < -0.4 is 11.1 Å². The van der Waals surface area contributed by atoms with Crippen molar-refractivity contribution in [3.8, 4) is 6.07 Å². The van der Waals surface area contributed by atoms with E-state index in [1.165, 1.54) is 0 Å². The van der Waals surface area contributed by atoms with Gasteiger partial charge in [0.05, 0.1) is 0 Å². The van der Waals surface area contributed by atoms with E-state index in [2.05, 4.69) is 29.1 Å². The maximum Gasteiger partial charge on any atom is 0.224 e. The summed E-state index contributed by atoms with van der Waals surface area (Å²) in [6, 6.07) is 3.69. The first kappa shape index (κ1) is 14.4. The summed E-state index contributed by atoms with van der Waals surface area (Å²) in [6.07, 6.45) is 0.919. The molecule has 5 nitrogen and oxygen atoms in total. The van der Waals surface area contributed by atoms with Crippen LogP contribution in [0.5, 0.6) is 0 Å². The summed E-state index contributed by atoms with van der Waals surface area (Å²) in [5.74, 6) is 0.992. The number of nitrogens with one attached hydrogen (secondary N) is 1. The van der Waals surface area contributed by atoms with Crippen molar-refractivity contribution in [1.29, 1.82) is 5.26 Å². The molecule has 5 heteroatoms. The molecule has 1 aromatic heterocycles. The van der Waals surface area contributed by atoms with E-state index in [0.29, 0.717) is 24.1 Å². The summed E-state index contributed by atoms with van der Waals surface area (Å²) < 4.78 is 0. The molecule has 1 atom stereocenters. The van der Waals surface area contributed by atoms with Gasteiger partial charge in [-0.05, 0) is 32.3 Å². The molecule has 0 saturated carbocycles. The zero-order valence-electron chi connectivity index (χ0n) is 11.5.